The molecule has 0 atom stereocenters. The van der Waals surface area contributed by atoms with Crippen molar-refractivity contribution < 1.29 is 23.8 Å². The molecular formula is C37H56N5O6P. The van der Waals surface area contributed by atoms with Crippen molar-refractivity contribution in [1.82, 2.24) is 19.5 Å². The zero-order valence-corrected chi connectivity index (χ0v) is 30.1. The second kappa shape index (κ2) is 21.2. The molecule has 0 aliphatic carbocycles. The summed E-state index contributed by atoms with van der Waals surface area (Å²) in [4.78, 5) is 45.3. The van der Waals surface area contributed by atoms with Crippen molar-refractivity contribution in [3.05, 3.63) is 59.1 Å². The number of aromatic amines is 1. The number of ether oxygens (including phenoxy) is 2. The molecule has 2 heterocycles. The van der Waals surface area contributed by atoms with Crippen LogP contribution in [0.2, 0.25) is 0 Å². The van der Waals surface area contributed by atoms with Crippen LogP contribution in [0.5, 0.6) is 0 Å². The van der Waals surface area contributed by atoms with Crippen LogP contribution >= 0.6 is 7.60 Å². The number of fused-ring (bicyclic) bond motifs is 2. The third-order valence-corrected chi connectivity index (χ3v) is 9.34. The van der Waals surface area contributed by atoms with Crippen LogP contribution in [0.15, 0.2) is 53.6 Å². The van der Waals surface area contributed by atoms with E-state index in [0.717, 1.165) is 35.9 Å². The topological polar surface area (TPSA) is 143 Å². The monoisotopic (exact) mass is 697 g/mol. The van der Waals surface area contributed by atoms with Gasteiger partial charge in [-0.25, -0.2) is 4.98 Å². The van der Waals surface area contributed by atoms with Gasteiger partial charge in [0, 0.05) is 31.7 Å². The van der Waals surface area contributed by atoms with E-state index in [2.05, 4.69) is 35.1 Å². The number of hydrogen-bond donors (Lipinski definition) is 3. The van der Waals surface area contributed by atoms with Gasteiger partial charge in [-0.3, -0.25) is 14.3 Å². The Morgan fingerprint density at radius 1 is 0.796 bits per heavy atom. The molecule has 3 N–H and O–H groups in total. The summed E-state index contributed by atoms with van der Waals surface area (Å²) < 4.78 is 24.0. The Bertz CT molecular complexity index is 1630. The van der Waals surface area contributed by atoms with Crippen LogP contribution in [0.4, 0.5) is 11.6 Å². The molecule has 0 amide bonds. The van der Waals surface area contributed by atoms with Crippen LogP contribution in [0, 0.1) is 0 Å². The van der Waals surface area contributed by atoms with Gasteiger partial charge >= 0.3 is 7.60 Å². The van der Waals surface area contributed by atoms with Crippen LogP contribution in [-0.2, 0) is 20.6 Å². The van der Waals surface area contributed by atoms with Crippen LogP contribution in [0.1, 0.15) is 103 Å². The number of imidazole rings is 1. The predicted octanol–water partition coefficient (Wildman–Crippen LogP) is 8.45. The lowest BCUT2D eigenvalue weighted by Crippen LogP contribution is -2.25. The van der Waals surface area contributed by atoms with Crippen LogP contribution in [-0.4, -0.2) is 62.0 Å². The molecule has 0 spiro atoms. The first-order valence-electron chi connectivity index (χ1n) is 18.3. The maximum absolute atomic E-state index is 13.2. The normalized spacial score (nSPS) is 12.0. The summed E-state index contributed by atoms with van der Waals surface area (Å²) in [5.41, 5.74) is 1.11. The van der Waals surface area contributed by atoms with Crippen molar-refractivity contribution in [2.45, 2.75) is 110 Å². The number of aromatic nitrogens is 4. The lowest BCUT2D eigenvalue weighted by atomic mass is 10.0. The smallest absolute Gasteiger partial charge is 0.350 e. The van der Waals surface area contributed by atoms with Crippen LogP contribution in [0.25, 0.3) is 21.9 Å². The van der Waals surface area contributed by atoms with E-state index in [-0.39, 0.29) is 24.2 Å². The third-order valence-electron chi connectivity index (χ3n) is 8.82. The average Bonchev–Trinajstić information content (AvgIpc) is 3.50. The standard InChI is InChI=1S/C37H56N5O6P/c1-2-3-4-5-6-7-8-9-10-11-12-13-14-17-26-47-27-19-24-42(33-23-18-21-31-20-15-16-22-32(31)33)37-39-35-34(36(43)40-37)38-29-41(35)25-28-48-30-49(44,45)46/h15-16,18,20-23,29H,2-14,17,19,24-28,30H2,1H3,(H,39,40,43)(H2,44,45,46). The number of rotatable bonds is 26. The summed E-state index contributed by atoms with van der Waals surface area (Å²) in [5.74, 6) is 0.388. The van der Waals surface area contributed by atoms with E-state index in [9.17, 15) is 9.36 Å². The van der Waals surface area contributed by atoms with Gasteiger partial charge in [0.05, 0.1) is 18.6 Å². The van der Waals surface area contributed by atoms with Gasteiger partial charge in [0.2, 0.25) is 5.95 Å². The first-order valence-corrected chi connectivity index (χ1v) is 20.1. The van der Waals surface area contributed by atoms with E-state index in [1.807, 2.05) is 29.2 Å². The summed E-state index contributed by atoms with van der Waals surface area (Å²) in [7, 11) is -4.27. The van der Waals surface area contributed by atoms with Crippen molar-refractivity contribution >= 4 is 41.2 Å². The molecule has 4 aromatic rings. The zero-order valence-electron chi connectivity index (χ0n) is 29.2. The Labute approximate surface area is 290 Å². The zero-order chi connectivity index (χ0) is 34.7. The Morgan fingerprint density at radius 2 is 1.43 bits per heavy atom. The molecule has 0 aliphatic heterocycles. The van der Waals surface area contributed by atoms with E-state index < -0.39 is 13.9 Å². The number of benzene rings is 2. The lowest BCUT2D eigenvalue weighted by molar-refractivity contribution is 0.129. The minimum absolute atomic E-state index is 0.0318. The Balaban J connectivity index is 1.26. The van der Waals surface area contributed by atoms with E-state index in [0.29, 0.717) is 24.7 Å². The van der Waals surface area contributed by atoms with E-state index >= 15 is 0 Å². The SMILES string of the molecule is CCCCCCCCCCCCCCCCOCCCN(c1nc2c(ncn2CCOCP(=O)(O)O)c(=O)[nH]1)c1cccc2ccccc12. The van der Waals surface area contributed by atoms with Gasteiger partial charge in [-0.05, 0) is 24.3 Å². The van der Waals surface area contributed by atoms with Crippen molar-refractivity contribution in [3.8, 4) is 0 Å². The molecule has 4 rings (SSSR count). The summed E-state index contributed by atoms with van der Waals surface area (Å²) in [6, 6.07) is 14.2. The number of nitrogens with zero attached hydrogens (tertiary/aromatic N) is 4. The molecule has 2 aromatic carbocycles. The second-order valence-corrected chi connectivity index (χ2v) is 14.5. The second-order valence-electron chi connectivity index (χ2n) is 12.9. The predicted molar refractivity (Wildman–Crippen MR) is 198 cm³/mol. The molecule has 49 heavy (non-hydrogen) atoms. The molecule has 2 aromatic heterocycles. The largest absolute Gasteiger partial charge is 0.381 e. The van der Waals surface area contributed by atoms with Crippen LogP contribution in [0.3, 0.4) is 0 Å². The fraction of sp³-hybridized carbons (Fsp3) is 0.595. The molecule has 270 valence electrons. The summed E-state index contributed by atoms with van der Waals surface area (Å²) in [5, 5.41) is 2.12. The molecule has 0 radical (unpaired) electrons. The Kier molecular flexibility index (Phi) is 16.8. The average molecular weight is 698 g/mol. The first kappa shape index (κ1) is 38.7. The van der Waals surface area contributed by atoms with Gasteiger partial charge < -0.3 is 28.7 Å². The molecule has 0 unspecified atom stereocenters. The van der Waals surface area contributed by atoms with Crippen molar-refractivity contribution in [2.75, 3.05) is 37.6 Å². The molecule has 11 nitrogen and oxygen atoms in total. The highest BCUT2D eigenvalue weighted by Crippen LogP contribution is 2.34. The molecule has 12 heteroatoms. The number of hydrogen-bond acceptors (Lipinski definition) is 7. The molecule has 0 saturated carbocycles. The number of anilines is 2. The number of unbranched alkanes of at least 4 members (excludes halogenated alkanes) is 13. The summed E-state index contributed by atoms with van der Waals surface area (Å²) in [6.07, 6.45) is 20.2. The van der Waals surface area contributed by atoms with Gasteiger partial charge in [-0.2, -0.15) is 4.98 Å². The van der Waals surface area contributed by atoms with E-state index in [1.54, 1.807) is 4.57 Å². The maximum atomic E-state index is 13.2. The number of nitrogens with one attached hydrogen (secondary N) is 1. The molecular weight excluding hydrogens is 641 g/mol. The van der Waals surface area contributed by atoms with E-state index in [1.165, 1.54) is 89.8 Å². The molecule has 0 bridgehead atoms. The minimum Gasteiger partial charge on any atom is -0.381 e. The highest BCUT2D eigenvalue weighted by atomic mass is 31.2. The van der Waals surface area contributed by atoms with Crippen LogP contribution < -0.4 is 10.5 Å². The Morgan fingerprint density at radius 3 is 2.12 bits per heavy atom. The van der Waals surface area contributed by atoms with Gasteiger partial charge in [-0.15, -0.1) is 0 Å². The highest BCUT2D eigenvalue weighted by molar-refractivity contribution is 7.51. The third kappa shape index (κ3) is 13.3. The summed E-state index contributed by atoms with van der Waals surface area (Å²) in [6.45, 7) is 4.45. The number of H-pyrrole nitrogens is 1. The Hall–Kier alpha value is -3.08. The maximum Gasteiger partial charge on any atom is 0.350 e. The van der Waals surface area contributed by atoms with Crippen molar-refractivity contribution in [1.29, 1.82) is 0 Å². The van der Waals surface area contributed by atoms with Gasteiger partial charge in [0.1, 0.15) is 6.35 Å². The van der Waals surface area contributed by atoms with Gasteiger partial charge in [0.25, 0.3) is 5.56 Å². The molecule has 0 fully saturated rings. The lowest BCUT2D eigenvalue weighted by Gasteiger charge is -2.25. The van der Waals surface area contributed by atoms with E-state index in [4.69, 9.17) is 24.2 Å². The first-order chi connectivity index (χ1) is 23.9. The minimum atomic E-state index is -4.27. The van der Waals surface area contributed by atoms with Crippen molar-refractivity contribution in [3.63, 3.8) is 0 Å². The van der Waals surface area contributed by atoms with Gasteiger partial charge in [-0.1, -0.05) is 127 Å². The quantitative estimate of drug-likeness (QED) is 0.0435. The highest BCUT2D eigenvalue weighted by Gasteiger charge is 2.19. The molecule has 0 saturated heterocycles. The fourth-order valence-electron chi connectivity index (χ4n) is 6.19. The van der Waals surface area contributed by atoms with Crippen molar-refractivity contribution in [2.24, 2.45) is 0 Å². The summed E-state index contributed by atoms with van der Waals surface area (Å²) >= 11 is 0. The fourth-order valence-corrected chi connectivity index (χ4v) is 6.56. The van der Waals surface area contributed by atoms with Gasteiger partial charge in [0.15, 0.2) is 11.2 Å². The molecule has 0 aliphatic rings.